The average Bonchev–Trinajstić information content (AvgIpc) is 3.05. The second kappa shape index (κ2) is 3.74. The third-order valence-corrected chi connectivity index (χ3v) is 4.87. The molecular weight excluding hydrogens is 208 g/mol. The molecule has 0 saturated carbocycles. The van der Waals surface area contributed by atoms with E-state index in [0.29, 0.717) is 0 Å². The monoisotopic (exact) mass is 228 g/mol. The van der Waals surface area contributed by atoms with E-state index in [1.807, 2.05) is 0 Å². The molecule has 0 radical (unpaired) electrons. The highest BCUT2D eigenvalue weighted by Gasteiger charge is 2.40. The van der Waals surface area contributed by atoms with Crippen molar-refractivity contribution < 1.29 is 0 Å². The summed E-state index contributed by atoms with van der Waals surface area (Å²) in [6.45, 7) is 2.50. The van der Waals surface area contributed by atoms with Gasteiger partial charge in [-0.05, 0) is 43.2 Å². The molecule has 2 nitrogen and oxygen atoms in total. The van der Waals surface area contributed by atoms with Crippen LogP contribution >= 0.6 is 0 Å². The molecule has 4 rings (SSSR count). The van der Waals surface area contributed by atoms with E-state index in [1.165, 1.54) is 44.5 Å². The lowest BCUT2D eigenvalue weighted by atomic mass is 9.89. The number of anilines is 1. The molecule has 1 aromatic carbocycles. The summed E-state index contributed by atoms with van der Waals surface area (Å²) >= 11 is 0. The Morgan fingerprint density at radius 3 is 3.00 bits per heavy atom. The van der Waals surface area contributed by atoms with Gasteiger partial charge in [-0.3, -0.25) is 0 Å². The molecule has 0 aliphatic carbocycles. The quantitative estimate of drug-likeness (QED) is 0.834. The molecule has 17 heavy (non-hydrogen) atoms. The molecule has 0 amide bonds. The van der Waals surface area contributed by atoms with Crippen molar-refractivity contribution in [3.05, 3.63) is 29.8 Å². The number of hydrogen-bond donors (Lipinski definition) is 1. The predicted molar refractivity (Wildman–Crippen MR) is 70.4 cm³/mol. The molecule has 3 aliphatic rings. The van der Waals surface area contributed by atoms with Crippen LogP contribution in [0.1, 0.15) is 24.8 Å². The van der Waals surface area contributed by atoms with E-state index in [0.717, 1.165) is 18.0 Å². The number of hydrogen-bond acceptors (Lipinski definition) is 2. The van der Waals surface area contributed by atoms with Crippen LogP contribution in [0.2, 0.25) is 0 Å². The van der Waals surface area contributed by atoms with Crippen molar-refractivity contribution in [2.75, 3.05) is 18.0 Å². The lowest BCUT2D eigenvalue weighted by Gasteiger charge is -2.27. The van der Waals surface area contributed by atoms with Gasteiger partial charge in [0.2, 0.25) is 0 Å². The van der Waals surface area contributed by atoms with E-state index < -0.39 is 0 Å². The van der Waals surface area contributed by atoms with Crippen LogP contribution in [-0.2, 0) is 6.42 Å². The van der Waals surface area contributed by atoms with Crippen LogP contribution in [0, 0.1) is 5.92 Å². The van der Waals surface area contributed by atoms with Crippen molar-refractivity contribution in [3.8, 4) is 0 Å². The first kappa shape index (κ1) is 9.95. The van der Waals surface area contributed by atoms with E-state index >= 15 is 0 Å². The summed E-state index contributed by atoms with van der Waals surface area (Å²) in [4.78, 5) is 2.61. The molecule has 3 unspecified atom stereocenters. The van der Waals surface area contributed by atoms with E-state index in [1.54, 1.807) is 5.56 Å². The first-order chi connectivity index (χ1) is 8.40. The Kier molecular flexibility index (Phi) is 2.19. The van der Waals surface area contributed by atoms with Crippen LogP contribution in [0.25, 0.3) is 0 Å². The Morgan fingerprint density at radius 2 is 2.18 bits per heavy atom. The fourth-order valence-corrected chi connectivity index (χ4v) is 4.02. The van der Waals surface area contributed by atoms with E-state index in [9.17, 15) is 0 Å². The Hall–Kier alpha value is -1.02. The number of fused-ring (bicyclic) bond motifs is 3. The highest BCUT2D eigenvalue weighted by atomic mass is 15.2. The Labute approximate surface area is 103 Å². The SMILES string of the molecule is c1ccc2c(c1)CCN2CC1CC2CCC1N2. The number of nitrogens with one attached hydrogen (secondary N) is 1. The van der Waals surface area contributed by atoms with Crippen LogP contribution in [0.4, 0.5) is 5.69 Å². The van der Waals surface area contributed by atoms with Gasteiger partial charge in [-0.25, -0.2) is 0 Å². The first-order valence-electron chi connectivity index (χ1n) is 6.99. The van der Waals surface area contributed by atoms with Gasteiger partial charge in [0.25, 0.3) is 0 Å². The van der Waals surface area contributed by atoms with Gasteiger partial charge in [-0.2, -0.15) is 0 Å². The summed E-state index contributed by atoms with van der Waals surface area (Å²) < 4.78 is 0. The predicted octanol–water partition coefficient (Wildman–Crippen LogP) is 2.19. The van der Waals surface area contributed by atoms with Gasteiger partial charge in [0.05, 0.1) is 0 Å². The smallest absolute Gasteiger partial charge is 0.0399 e. The standard InChI is InChI=1S/C15H20N2/c1-2-4-15-11(3-1)7-8-17(15)10-12-9-13-5-6-14(12)16-13/h1-4,12-14,16H,5-10H2. The summed E-state index contributed by atoms with van der Waals surface area (Å²) in [5, 5.41) is 3.75. The lowest BCUT2D eigenvalue weighted by molar-refractivity contribution is 0.406. The maximum Gasteiger partial charge on any atom is 0.0399 e. The minimum atomic E-state index is 0.813. The normalized spacial score (nSPS) is 34.4. The van der Waals surface area contributed by atoms with Gasteiger partial charge in [-0.15, -0.1) is 0 Å². The zero-order chi connectivity index (χ0) is 11.2. The van der Waals surface area contributed by atoms with Gasteiger partial charge in [0.15, 0.2) is 0 Å². The van der Waals surface area contributed by atoms with Crippen LogP contribution in [-0.4, -0.2) is 25.2 Å². The summed E-state index contributed by atoms with van der Waals surface area (Å²) in [5.41, 5.74) is 3.04. The topological polar surface area (TPSA) is 15.3 Å². The van der Waals surface area contributed by atoms with Crippen LogP contribution < -0.4 is 10.2 Å². The third-order valence-electron chi connectivity index (χ3n) is 4.87. The Balaban J connectivity index is 1.51. The molecule has 3 heterocycles. The van der Waals surface area contributed by atoms with Crippen molar-refractivity contribution in [2.45, 2.75) is 37.8 Å². The van der Waals surface area contributed by atoms with E-state index in [-0.39, 0.29) is 0 Å². The molecule has 0 spiro atoms. The van der Waals surface area contributed by atoms with Crippen molar-refractivity contribution >= 4 is 5.69 Å². The molecule has 0 aromatic heterocycles. The molecule has 3 aliphatic heterocycles. The molecule has 2 fully saturated rings. The summed E-state index contributed by atoms with van der Waals surface area (Å²) in [6.07, 6.45) is 5.47. The van der Waals surface area contributed by atoms with Gasteiger partial charge in [0.1, 0.15) is 0 Å². The summed E-state index contributed by atoms with van der Waals surface area (Å²) in [5.74, 6) is 0.889. The number of rotatable bonds is 2. The second-order valence-electron chi connectivity index (χ2n) is 5.87. The minimum absolute atomic E-state index is 0.813. The molecular formula is C15H20N2. The average molecular weight is 228 g/mol. The molecule has 2 saturated heterocycles. The molecule has 2 bridgehead atoms. The van der Waals surface area contributed by atoms with Crippen molar-refractivity contribution in [1.82, 2.24) is 5.32 Å². The van der Waals surface area contributed by atoms with Gasteiger partial charge in [0, 0.05) is 30.9 Å². The summed E-state index contributed by atoms with van der Waals surface area (Å²) in [6, 6.07) is 10.6. The highest BCUT2D eigenvalue weighted by Crippen LogP contribution is 2.36. The molecule has 2 heteroatoms. The zero-order valence-corrected chi connectivity index (χ0v) is 10.2. The zero-order valence-electron chi connectivity index (χ0n) is 10.2. The van der Waals surface area contributed by atoms with Gasteiger partial charge < -0.3 is 10.2 Å². The highest BCUT2D eigenvalue weighted by molar-refractivity contribution is 5.57. The third kappa shape index (κ3) is 1.58. The van der Waals surface area contributed by atoms with E-state index in [4.69, 9.17) is 0 Å². The van der Waals surface area contributed by atoms with Gasteiger partial charge in [-0.1, -0.05) is 18.2 Å². The van der Waals surface area contributed by atoms with Gasteiger partial charge >= 0.3 is 0 Å². The fourth-order valence-electron chi connectivity index (χ4n) is 4.02. The molecule has 3 atom stereocenters. The van der Waals surface area contributed by atoms with Crippen molar-refractivity contribution in [3.63, 3.8) is 0 Å². The van der Waals surface area contributed by atoms with Crippen LogP contribution in [0.3, 0.4) is 0 Å². The first-order valence-corrected chi connectivity index (χ1v) is 6.99. The second-order valence-corrected chi connectivity index (χ2v) is 5.87. The summed E-state index contributed by atoms with van der Waals surface area (Å²) in [7, 11) is 0. The Morgan fingerprint density at radius 1 is 1.24 bits per heavy atom. The van der Waals surface area contributed by atoms with Crippen LogP contribution in [0.5, 0.6) is 0 Å². The maximum atomic E-state index is 3.75. The molecule has 90 valence electrons. The van der Waals surface area contributed by atoms with Crippen LogP contribution in [0.15, 0.2) is 24.3 Å². The van der Waals surface area contributed by atoms with E-state index in [2.05, 4.69) is 34.5 Å². The minimum Gasteiger partial charge on any atom is -0.371 e. The maximum absolute atomic E-state index is 3.75. The van der Waals surface area contributed by atoms with Crippen molar-refractivity contribution in [1.29, 1.82) is 0 Å². The molecule has 1 N–H and O–H groups in total. The number of para-hydroxylation sites is 1. The number of benzene rings is 1. The molecule has 1 aromatic rings. The lowest BCUT2D eigenvalue weighted by Crippen LogP contribution is -2.34. The fraction of sp³-hybridized carbons (Fsp3) is 0.600. The van der Waals surface area contributed by atoms with Crippen molar-refractivity contribution in [2.24, 2.45) is 5.92 Å². The largest absolute Gasteiger partial charge is 0.371 e. The number of nitrogens with zero attached hydrogens (tertiary/aromatic N) is 1. The Bertz CT molecular complexity index is 429.